The molecular weight excluding hydrogens is 436 g/mol. The normalized spacial score (nSPS) is 31.3. The Balaban J connectivity index is 1.47. The quantitative estimate of drug-likeness (QED) is 0.450. The van der Waals surface area contributed by atoms with Crippen molar-refractivity contribution in [1.82, 2.24) is 10.6 Å². The molecule has 4 aliphatic rings. The fourth-order valence-corrected chi connectivity index (χ4v) is 6.70. The van der Waals surface area contributed by atoms with E-state index >= 15 is 0 Å². The first-order chi connectivity index (χ1) is 17.4. The summed E-state index contributed by atoms with van der Waals surface area (Å²) in [5.41, 5.74) is 6.97. The van der Waals surface area contributed by atoms with Gasteiger partial charge in [-0.2, -0.15) is 0 Å². The number of fused-ring (bicyclic) bond motifs is 1. The number of hydrogen-bond donors (Lipinski definition) is 2. The molecule has 2 nitrogen and oxygen atoms in total. The van der Waals surface area contributed by atoms with Crippen molar-refractivity contribution >= 4 is 17.7 Å². The van der Waals surface area contributed by atoms with E-state index in [9.17, 15) is 0 Å². The predicted octanol–water partition coefficient (Wildman–Crippen LogP) is 6.29. The van der Waals surface area contributed by atoms with Crippen LogP contribution in [0.15, 0.2) is 85.3 Å². The van der Waals surface area contributed by atoms with Crippen LogP contribution in [-0.2, 0) is 0 Å². The van der Waals surface area contributed by atoms with E-state index in [1.165, 1.54) is 57.7 Å². The van der Waals surface area contributed by atoms with Gasteiger partial charge in [0.15, 0.2) is 0 Å². The molecule has 1 aromatic rings. The average Bonchev–Trinajstić information content (AvgIpc) is 3.03. The van der Waals surface area contributed by atoms with Gasteiger partial charge in [0.1, 0.15) is 0 Å². The van der Waals surface area contributed by atoms with E-state index in [0.717, 1.165) is 25.7 Å². The van der Waals surface area contributed by atoms with Crippen LogP contribution in [0.4, 0.5) is 0 Å². The fourth-order valence-electron chi connectivity index (χ4n) is 6.70. The van der Waals surface area contributed by atoms with Crippen LogP contribution < -0.4 is 21.1 Å². The van der Waals surface area contributed by atoms with Gasteiger partial charge in [-0.05, 0) is 90.6 Å². The Kier molecular flexibility index (Phi) is 7.08. The molecule has 5 rings (SSSR count). The Morgan fingerprint density at radius 1 is 1.19 bits per heavy atom. The van der Waals surface area contributed by atoms with Gasteiger partial charge in [0, 0.05) is 17.7 Å². The highest BCUT2D eigenvalue weighted by Crippen LogP contribution is 2.53. The van der Waals surface area contributed by atoms with Crippen molar-refractivity contribution in [1.29, 1.82) is 0 Å². The third kappa shape index (κ3) is 5.02. The number of hydrogen-bond acceptors (Lipinski definition) is 2. The summed E-state index contributed by atoms with van der Waals surface area (Å²) in [6, 6.07) is 7.68. The highest BCUT2D eigenvalue weighted by Gasteiger charge is 2.41. The molecular formula is C34H42N2. The molecule has 188 valence electrons. The van der Waals surface area contributed by atoms with Gasteiger partial charge in [-0.1, -0.05) is 86.2 Å². The maximum atomic E-state index is 4.63. The molecule has 1 aromatic carbocycles. The van der Waals surface area contributed by atoms with E-state index in [1.807, 2.05) is 0 Å². The maximum absolute atomic E-state index is 4.63. The van der Waals surface area contributed by atoms with Gasteiger partial charge >= 0.3 is 0 Å². The lowest BCUT2D eigenvalue weighted by Crippen LogP contribution is -2.42. The minimum Gasteiger partial charge on any atom is -0.364 e. The molecule has 2 heterocycles. The molecule has 2 aliphatic heterocycles. The molecule has 0 bridgehead atoms. The average molecular weight is 479 g/mol. The second-order valence-corrected chi connectivity index (χ2v) is 11.5. The molecule has 1 saturated carbocycles. The molecule has 1 fully saturated rings. The molecule has 3 atom stereocenters. The summed E-state index contributed by atoms with van der Waals surface area (Å²) in [6.45, 7) is 17.6. The molecule has 3 unspecified atom stereocenters. The Morgan fingerprint density at radius 3 is 2.78 bits per heavy atom. The largest absolute Gasteiger partial charge is 0.364 e. The van der Waals surface area contributed by atoms with Crippen LogP contribution in [0.25, 0.3) is 17.7 Å². The van der Waals surface area contributed by atoms with Crippen molar-refractivity contribution in [3.8, 4) is 0 Å². The minimum atomic E-state index is 0.318. The third-order valence-electron chi connectivity index (χ3n) is 8.87. The van der Waals surface area contributed by atoms with Crippen LogP contribution in [0.1, 0.15) is 64.4 Å². The number of nitrogens with one attached hydrogen (secondary N) is 2. The minimum absolute atomic E-state index is 0.318. The molecule has 0 amide bonds. The lowest BCUT2D eigenvalue weighted by molar-refractivity contribution is 0.0766. The number of dihydropyridines is 1. The number of benzene rings is 1. The maximum Gasteiger partial charge on any atom is 0.0515 e. The monoisotopic (exact) mass is 478 g/mol. The first-order valence-corrected chi connectivity index (χ1v) is 13.8. The molecule has 0 aromatic heterocycles. The lowest BCUT2D eigenvalue weighted by Gasteiger charge is -2.47. The smallest absolute Gasteiger partial charge is 0.0515 e. The summed E-state index contributed by atoms with van der Waals surface area (Å²) in [4.78, 5) is 0. The summed E-state index contributed by atoms with van der Waals surface area (Å²) < 4.78 is 0. The zero-order chi connectivity index (χ0) is 25.3. The third-order valence-corrected chi connectivity index (χ3v) is 8.87. The highest BCUT2D eigenvalue weighted by atomic mass is 15.0. The molecule has 2 heteroatoms. The van der Waals surface area contributed by atoms with Gasteiger partial charge in [0.05, 0.1) is 6.04 Å². The van der Waals surface area contributed by atoms with Gasteiger partial charge in [0.2, 0.25) is 0 Å². The summed E-state index contributed by atoms with van der Waals surface area (Å²) in [7, 11) is 0. The van der Waals surface area contributed by atoms with Crippen LogP contribution in [0, 0.1) is 17.3 Å². The van der Waals surface area contributed by atoms with E-state index in [2.05, 4.69) is 105 Å². The summed E-state index contributed by atoms with van der Waals surface area (Å²) in [6.07, 6.45) is 23.5. The first-order valence-electron chi connectivity index (χ1n) is 13.8. The first kappa shape index (κ1) is 24.8. The molecule has 0 radical (unpaired) electrons. The van der Waals surface area contributed by atoms with E-state index < -0.39 is 0 Å². The van der Waals surface area contributed by atoms with E-state index in [4.69, 9.17) is 0 Å². The van der Waals surface area contributed by atoms with E-state index in [0.29, 0.717) is 29.3 Å². The van der Waals surface area contributed by atoms with Gasteiger partial charge < -0.3 is 10.6 Å². The van der Waals surface area contributed by atoms with Crippen LogP contribution in [0.5, 0.6) is 0 Å². The van der Waals surface area contributed by atoms with E-state index in [1.54, 1.807) is 0 Å². The second kappa shape index (κ2) is 10.3. The van der Waals surface area contributed by atoms with Crippen molar-refractivity contribution in [2.75, 3.05) is 0 Å². The topological polar surface area (TPSA) is 24.1 Å². The van der Waals surface area contributed by atoms with E-state index in [-0.39, 0.29) is 0 Å². The van der Waals surface area contributed by atoms with Gasteiger partial charge in [0.25, 0.3) is 0 Å². The van der Waals surface area contributed by atoms with Crippen LogP contribution in [0.2, 0.25) is 0 Å². The van der Waals surface area contributed by atoms with Crippen LogP contribution >= 0.6 is 0 Å². The molecule has 2 aliphatic carbocycles. The Bertz CT molecular complexity index is 1260. The second-order valence-electron chi connectivity index (χ2n) is 11.5. The van der Waals surface area contributed by atoms with Crippen LogP contribution in [0.3, 0.4) is 0 Å². The predicted molar refractivity (Wildman–Crippen MR) is 155 cm³/mol. The summed E-state index contributed by atoms with van der Waals surface area (Å²) >= 11 is 0. The van der Waals surface area contributed by atoms with Crippen molar-refractivity contribution in [2.24, 2.45) is 17.3 Å². The number of allylic oxidation sites excluding steroid dienone is 5. The molecule has 2 N–H and O–H groups in total. The summed E-state index contributed by atoms with van der Waals surface area (Å²) in [5.74, 6) is 1.01. The zero-order valence-corrected chi connectivity index (χ0v) is 22.2. The molecule has 0 saturated heterocycles. The Morgan fingerprint density at radius 2 is 2.03 bits per heavy atom. The van der Waals surface area contributed by atoms with Gasteiger partial charge in [-0.25, -0.2) is 0 Å². The zero-order valence-electron chi connectivity index (χ0n) is 22.2. The summed E-state index contributed by atoms with van der Waals surface area (Å²) in [5, 5.41) is 9.92. The molecule has 0 spiro atoms. The standard InChI is InChI=1S/C34H42N2/c1-6-26-21-34(7-2,22-26)20-24(4)29-17-23(3)16-27-13-14-28(18-30(27)19-29)31-11-9-15-35-33(31)32-12-8-10-25(5)36-32/h6,8-10,13-16,18-19,25-26,29,32,35-36H,1,3-4,7,11-12,17,20-22H2,2,5H3. The Labute approximate surface area is 217 Å². The lowest BCUT2D eigenvalue weighted by atomic mass is 9.57. The van der Waals surface area contributed by atoms with Gasteiger partial charge in [-0.15, -0.1) is 6.58 Å². The van der Waals surface area contributed by atoms with Crippen molar-refractivity contribution < 1.29 is 0 Å². The van der Waals surface area contributed by atoms with Crippen molar-refractivity contribution in [3.05, 3.63) is 101 Å². The van der Waals surface area contributed by atoms with Crippen molar-refractivity contribution in [3.63, 3.8) is 0 Å². The Hall–Kier alpha value is -2.84. The van der Waals surface area contributed by atoms with Crippen LogP contribution in [-0.4, -0.2) is 12.1 Å². The SMILES string of the molecule is C=CC1CC(CC)(CC(=C)C2C=c3cc(C4=C(C5CC=CC(C)N5)NC=CC4)ccc3=CC(=C)C2)C1. The number of rotatable bonds is 7. The highest BCUT2D eigenvalue weighted by molar-refractivity contribution is 5.72. The molecule has 36 heavy (non-hydrogen) atoms. The van der Waals surface area contributed by atoms with Gasteiger partial charge in [-0.3, -0.25) is 0 Å². The fraction of sp³-hybridized carbons (Fsp3) is 0.412. The van der Waals surface area contributed by atoms with Crippen molar-refractivity contribution in [2.45, 2.75) is 70.9 Å².